The molecule has 8 heavy (non-hydrogen) atoms. The first kappa shape index (κ1) is 10.7. The molecule has 0 aliphatic heterocycles. The summed E-state index contributed by atoms with van der Waals surface area (Å²) in [4.78, 5) is 2.00. The molecule has 0 aromatic carbocycles. The summed E-state index contributed by atoms with van der Waals surface area (Å²) in [5, 5.41) is 0. The molecule has 0 unspecified atom stereocenters. The minimum Gasteiger partial charge on any atom is -1.00 e. The van der Waals surface area contributed by atoms with Gasteiger partial charge in [-0.15, -0.1) is 0 Å². The standard InChI is InChI=1S/C5H13N2.ClH/c1-6(2)5-7(3)4;/h5H,1-4H3;1H/q+1;/p-1. The van der Waals surface area contributed by atoms with E-state index in [-0.39, 0.29) is 12.4 Å². The van der Waals surface area contributed by atoms with Gasteiger partial charge >= 0.3 is 0 Å². The molecule has 0 aromatic heterocycles. The molecule has 0 atom stereocenters. The molecule has 50 valence electrons. The van der Waals surface area contributed by atoms with E-state index in [1.807, 2.05) is 44.0 Å². The zero-order valence-corrected chi connectivity index (χ0v) is 6.61. The highest BCUT2D eigenvalue weighted by atomic mass is 35.5. The highest BCUT2D eigenvalue weighted by Crippen LogP contribution is 1.59. The van der Waals surface area contributed by atoms with Crippen molar-refractivity contribution in [2.45, 2.75) is 0 Å². The van der Waals surface area contributed by atoms with Crippen molar-refractivity contribution < 1.29 is 17.0 Å². The van der Waals surface area contributed by atoms with Gasteiger partial charge in [0.25, 0.3) is 0 Å². The highest BCUT2D eigenvalue weighted by molar-refractivity contribution is 5.47. The lowest BCUT2D eigenvalue weighted by molar-refractivity contribution is -0.464. The van der Waals surface area contributed by atoms with E-state index in [0.29, 0.717) is 0 Å². The Bertz CT molecular complexity index is 74.5. The van der Waals surface area contributed by atoms with E-state index >= 15 is 0 Å². The SMILES string of the molecule is CN(C)C=[N+](C)C.[Cl-]. The van der Waals surface area contributed by atoms with Gasteiger partial charge in [0.15, 0.2) is 0 Å². The van der Waals surface area contributed by atoms with E-state index in [1.54, 1.807) is 0 Å². The summed E-state index contributed by atoms with van der Waals surface area (Å²) in [5.74, 6) is 0. The van der Waals surface area contributed by atoms with Crippen molar-refractivity contribution in [3.8, 4) is 0 Å². The Hall–Kier alpha value is -0.240. The molecule has 0 N–H and O–H groups in total. The second-order valence-electron chi connectivity index (χ2n) is 2.04. The molecule has 0 spiro atoms. The lowest BCUT2D eigenvalue weighted by atomic mass is 10.9. The van der Waals surface area contributed by atoms with Crippen LogP contribution in [-0.4, -0.2) is 44.0 Å². The van der Waals surface area contributed by atoms with E-state index in [2.05, 4.69) is 0 Å². The van der Waals surface area contributed by atoms with Crippen LogP contribution >= 0.6 is 0 Å². The maximum absolute atomic E-state index is 2.00. The smallest absolute Gasteiger partial charge is 0.233 e. The average Bonchev–Trinajstić information content (AvgIpc) is 1.27. The zero-order chi connectivity index (χ0) is 5.86. The Labute approximate surface area is 57.2 Å². The molecule has 0 aliphatic rings. The maximum Gasteiger partial charge on any atom is 0.233 e. The molecule has 0 heterocycles. The molecule has 0 aliphatic carbocycles. The van der Waals surface area contributed by atoms with Gasteiger partial charge in [-0.3, -0.25) is 9.48 Å². The van der Waals surface area contributed by atoms with Gasteiger partial charge in [0, 0.05) is 0 Å². The number of hydrogen-bond acceptors (Lipinski definition) is 0. The Kier molecular flexibility index (Phi) is 6.56. The van der Waals surface area contributed by atoms with E-state index in [9.17, 15) is 0 Å². The molecule has 3 heteroatoms. The van der Waals surface area contributed by atoms with Gasteiger partial charge in [-0.2, -0.15) is 0 Å². The normalized spacial score (nSPS) is 7.00. The van der Waals surface area contributed by atoms with Crippen molar-refractivity contribution in [2.75, 3.05) is 28.2 Å². The van der Waals surface area contributed by atoms with Crippen LogP contribution in [0.3, 0.4) is 0 Å². The Morgan fingerprint density at radius 3 is 1.62 bits per heavy atom. The van der Waals surface area contributed by atoms with Crippen molar-refractivity contribution in [1.29, 1.82) is 0 Å². The summed E-state index contributed by atoms with van der Waals surface area (Å²) in [6.45, 7) is 0. The maximum atomic E-state index is 2.00. The van der Waals surface area contributed by atoms with Crippen LogP contribution in [0.15, 0.2) is 0 Å². The van der Waals surface area contributed by atoms with Crippen LogP contribution in [0, 0.1) is 0 Å². The quantitative estimate of drug-likeness (QED) is 0.210. The van der Waals surface area contributed by atoms with Crippen molar-refractivity contribution in [3.05, 3.63) is 0 Å². The monoisotopic (exact) mass is 136 g/mol. The number of rotatable bonds is 1. The molecule has 0 saturated carbocycles. The van der Waals surface area contributed by atoms with Gasteiger partial charge in [0.2, 0.25) is 6.34 Å². The zero-order valence-electron chi connectivity index (χ0n) is 5.85. The fraction of sp³-hybridized carbons (Fsp3) is 0.800. The van der Waals surface area contributed by atoms with Crippen molar-refractivity contribution in [3.63, 3.8) is 0 Å². The lowest BCUT2D eigenvalue weighted by Gasteiger charge is -1.95. The molecule has 2 nitrogen and oxygen atoms in total. The Balaban J connectivity index is 0. The van der Waals surface area contributed by atoms with Crippen LogP contribution in [0.4, 0.5) is 0 Å². The van der Waals surface area contributed by atoms with E-state index < -0.39 is 0 Å². The second kappa shape index (κ2) is 4.91. The van der Waals surface area contributed by atoms with Crippen molar-refractivity contribution >= 4 is 6.34 Å². The first-order chi connectivity index (χ1) is 3.13. The molecular weight excluding hydrogens is 124 g/mol. The summed E-state index contributed by atoms with van der Waals surface area (Å²) < 4.78 is 2.00. The Morgan fingerprint density at radius 1 is 1.25 bits per heavy atom. The number of nitrogens with zero attached hydrogens (tertiary/aromatic N) is 2. The fourth-order valence-corrected chi connectivity index (χ4v) is 0.462. The van der Waals surface area contributed by atoms with Crippen LogP contribution in [0.2, 0.25) is 0 Å². The minimum absolute atomic E-state index is 0. The number of hydrogen-bond donors (Lipinski definition) is 0. The van der Waals surface area contributed by atoms with Crippen molar-refractivity contribution in [1.82, 2.24) is 4.90 Å². The van der Waals surface area contributed by atoms with E-state index in [1.165, 1.54) is 0 Å². The molecule has 0 bridgehead atoms. The predicted octanol–water partition coefficient (Wildman–Crippen LogP) is -3.15. The first-order valence-electron chi connectivity index (χ1n) is 2.31. The largest absolute Gasteiger partial charge is 1.00 e. The van der Waals surface area contributed by atoms with Gasteiger partial charge < -0.3 is 12.4 Å². The first-order valence-corrected chi connectivity index (χ1v) is 2.31. The lowest BCUT2D eigenvalue weighted by Crippen LogP contribution is -3.00. The molecule has 0 saturated heterocycles. The summed E-state index contributed by atoms with van der Waals surface area (Å²) in [6.07, 6.45) is 2.00. The summed E-state index contributed by atoms with van der Waals surface area (Å²) >= 11 is 0. The van der Waals surface area contributed by atoms with Crippen LogP contribution in [0.25, 0.3) is 0 Å². The second-order valence-corrected chi connectivity index (χ2v) is 2.04. The van der Waals surface area contributed by atoms with Crippen LogP contribution in [0.1, 0.15) is 0 Å². The Morgan fingerprint density at radius 2 is 1.62 bits per heavy atom. The molecular formula is C5H13ClN2. The fourth-order valence-electron chi connectivity index (χ4n) is 0.462. The third-order valence-corrected chi connectivity index (χ3v) is 0.462. The van der Waals surface area contributed by atoms with Gasteiger partial charge in [-0.05, 0) is 0 Å². The molecule has 0 rings (SSSR count). The van der Waals surface area contributed by atoms with E-state index in [0.717, 1.165) is 0 Å². The molecule has 0 fully saturated rings. The number of halogens is 1. The third kappa shape index (κ3) is 9.23. The van der Waals surface area contributed by atoms with E-state index in [4.69, 9.17) is 0 Å². The van der Waals surface area contributed by atoms with Gasteiger partial charge in [-0.1, -0.05) is 0 Å². The average molecular weight is 137 g/mol. The third-order valence-electron chi connectivity index (χ3n) is 0.462. The van der Waals surface area contributed by atoms with Crippen LogP contribution in [0.5, 0.6) is 0 Å². The van der Waals surface area contributed by atoms with Gasteiger partial charge in [0.05, 0.1) is 28.2 Å². The summed E-state index contributed by atoms with van der Waals surface area (Å²) in [5.41, 5.74) is 0. The minimum atomic E-state index is 0. The highest BCUT2D eigenvalue weighted by Gasteiger charge is 1.82. The molecule has 0 amide bonds. The van der Waals surface area contributed by atoms with Crippen molar-refractivity contribution in [2.24, 2.45) is 0 Å². The van der Waals surface area contributed by atoms with Gasteiger partial charge in [0.1, 0.15) is 0 Å². The predicted molar refractivity (Wildman–Crippen MR) is 31.9 cm³/mol. The van der Waals surface area contributed by atoms with Crippen LogP contribution < -0.4 is 12.4 Å². The van der Waals surface area contributed by atoms with Crippen LogP contribution in [-0.2, 0) is 0 Å². The molecule has 0 aromatic rings. The summed E-state index contributed by atoms with van der Waals surface area (Å²) in [7, 11) is 8.00. The summed E-state index contributed by atoms with van der Waals surface area (Å²) in [6, 6.07) is 0. The molecule has 0 radical (unpaired) electrons. The van der Waals surface area contributed by atoms with Gasteiger partial charge in [-0.25, -0.2) is 0 Å². The topological polar surface area (TPSA) is 6.25 Å².